The molecule has 0 bridgehead atoms. The molecule has 176 valence electrons. The average Bonchev–Trinajstić information content (AvgIpc) is 2.82. The number of hydrogen-bond acceptors (Lipinski definition) is 5. The number of carboxylic acids is 1. The van der Waals surface area contributed by atoms with Crippen molar-refractivity contribution in [2.75, 3.05) is 23.4 Å². The monoisotopic (exact) mass is 461 g/mol. The van der Waals surface area contributed by atoms with Crippen LogP contribution in [0.4, 0.5) is 16.2 Å². The second-order valence-corrected chi connectivity index (χ2v) is 8.88. The van der Waals surface area contributed by atoms with Crippen LogP contribution >= 0.6 is 0 Å². The van der Waals surface area contributed by atoms with Crippen LogP contribution in [0.3, 0.4) is 0 Å². The van der Waals surface area contributed by atoms with Crippen LogP contribution in [0.25, 0.3) is 11.1 Å². The van der Waals surface area contributed by atoms with Gasteiger partial charge < -0.3 is 19.9 Å². The van der Waals surface area contributed by atoms with Gasteiger partial charge in [-0.1, -0.05) is 24.3 Å². The minimum absolute atomic E-state index is 0.0140. The van der Waals surface area contributed by atoms with E-state index in [2.05, 4.69) is 10.3 Å². The fourth-order valence-corrected chi connectivity index (χ4v) is 3.48. The zero-order valence-corrected chi connectivity index (χ0v) is 19.3. The van der Waals surface area contributed by atoms with Gasteiger partial charge >= 0.3 is 12.0 Å². The Balaban J connectivity index is 1.51. The third-order valence-corrected chi connectivity index (χ3v) is 5.52. The third-order valence-electron chi connectivity index (χ3n) is 5.52. The lowest BCUT2D eigenvalue weighted by Gasteiger charge is -2.33. The van der Waals surface area contributed by atoms with Gasteiger partial charge in [0.25, 0.3) is 0 Å². The normalized spacial score (nSPS) is 15.1. The smallest absolute Gasteiger partial charge is 0.326 e. The molecule has 1 aliphatic rings. The minimum atomic E-state index is -1.01. The number of rotatable bonds is 6. The van der Waals surface area contributed by atoms with Crippen LogP contribution in [0.5, 0.6) is 11.6 Å². The molecule has 2 heterocycles. The molecule has 1 aliphatic heterocycles. The van der Waals surface area contributed by atoms with Crippen LogP contribution in [-0.4, -0.2) is 41.3 Å². The maximum absolute atomic E-state index is 12.9. The molecule has 0 aliphatic carbocycles. The number of aromatic nitrogens is 1. The van der Waals surface area contributed by atoms with Crippen molar-refractivity contribution in [2.45, 2.75) is 26.9 Å². The number of carboxylic acid groups (broad SMARTS) is 1. The number of carbonyl (C=O) groups excluding carboxylic acids is 1. The third kappa shape index (κ3) is 5.11. The van der Waals surface area contributed by atoms with Crippen molar-refractivity contribution >= 4 is 23.4 Å². The fraction of sp³-hybridized carbons (Fsp3) is 0.269. The Bertz CT molecular complexity index is 1180. The SMILES string of the molecule is C[C@@H]1CN(C(=O)Nc2ccccc2)c2ccc(-c3ccc(OCC(C)(C)C(=O)O)nc3)cc2O1. The number of fused-ring (bicyclic) bond motifs is 1. The number of nitrogens with zero attached hydrogens (tertiary/aromatic N) is 2. The first-order chi connectivity index (χ1) is 16.2. The molecule has 1 atom stereocenters. The van der Waals surface area contributed by atoms with Crippen molar-refractivity contribution in [1.29, 1.82) is 0 Å². The molecular weight excluding hydrogens is 434 g/mol. The van der Waals surface area contributed by atoms with Gasteiger partial charge in [-0.2, -0.15) is 0 Å². The van der Waals surface area contributed by atoms with E-state index in [1.165, 1.54) is 0 Å². The molecule has 0 fully saturated rings. The van der Waals surface area contributed by atoms with Crippen molar-refractivity contribution in [1.82, 2.24) is 4.98 Å². The summed E-state index contributed by atoms with van der Waals surface area (Å²) in [5.74, 6) is 0.0339. The van der Waals surface area contributed by atoms with Crippen LogP contribution in [0, 0.1) is 5.41 Å². The van der Waals surface area contributed by atoms with Crippen LogP contribution < -0.4 is 19.7 Å². The second-order valence-electron chi connectivity index (χ2n) is 8.88. The predicted octanol–water partition coefficient (Wildman–Crippen LogP) is 5.06. The number of aliphatic carboxylic acids is 1. The lowest BCUT2D eigenvalue weighted by Crippen LogP contribution is -2.44. The van der Waals surface area contributed by atoms with Gasteiger partial charge in [-0.15, -0.1) is 0 Å². The first-order valence-electron chi connectivity index (χ1n) is 11.0. The van der Waals surface area contributed by atoms with E-state index in [0.717, 1.165) is 16.8 Å². The average molecular weight is 462 g/mol. The summed E-state index contributed by atoms with van der Waals surface area (Å²) in [5.41, 5.74) is 2.13. The van der Waals surface area contributed by atoms with E-state index in [0.29, 0.717) is 23.9 Å². The molecule has 34 heavy (non-hydrogen) atoms. The lowest BCUT2D eigenvalue weighted by atomic mass is 9.95. The minimum Gasteiger partial charge on any atom is -0.487 e. The van der Waals surface area contributed by atoms with Crippen molar-refractivity contribution in [3.05, 3.63) is 66.9 Å². The molecule has 4 rings (SSSR count). The number of pyridine rings is 1. The van der Waals surface area contributed by atoms with E-state index >= 15 is 0 Å². The number of urea groups is 1. The predicted molar refractivity (Wildman–Crippen MR) is 129 cm³/mol. The van der Waals surface area contributed by atoms with E-state index in [9.17, 15) is 14.7 Å². The van der Waals surface area contributed by atoms with Gasteiger partial charge in [-0.05, 0) is 56.7 Å². The quantitative estimate of drug-likeness (QED) is 0.532. The lowest BCUT2D eigenvalue weighted by molar-refractivity contribution is -0.148. The van der Waals surface area contributed by atoms with Crippen molar-refractivity contribution in [3.63, 3.8) is 0 Å². The van der Waals surface area contributed by atoms with E-state index in [1.807, 2.05) is 61.5 Å². The number of ether oxygens (including phenoxy) is 2. The molecule has 0 radical (unpaired) electrons. The van der Waals surface area contributed by atoms with Crippen molar-refractivity contribution in [3.8, 4) is 22.8 Å². The van der Waals surface area contributed by atoms with Gasteiger partial charge in [0.2, 0.25) is 5.88 Å². The van der Waals surface area contributed by atoms with E-state index in [4.69, 9.17) is 9.47 Å². The topological polar surface area (TPSA) is 101 Å². The Morgan fingerprint density at radius 3 is 2.56 bits per heavy atom. The summed E-state index contributed by atoms with van der Waals surface area (Å²) in [6.45, 7) is 5.57. The van der Waals surface area contributed by atoms with Crippen LogP contribution in [0.2, 0.25) is 0 Å². The van der Waals surface area contributed by atoms with Gasteiger partial charge in [-0.25, -0.2) is 9.78 Å². The number of nitrogens with one attached hydrogen (secondary N) is 1. The zero-order valence-electron chi connectivity index (χ0n) is 19.3. The highest BCUT2D eigenvalue weighted by Gasteiger charge is 2.29. The summed E-state index contributed by atoms with van der Waals surface area (Å²) in [6, 6.07) is 18.3. The van der Waals surface area contributed by atoms with Crippen LogP contribution in [0.15, 0.2) is 66.9 Å². The molecule has 3 aromatic rings. The van der Waals surface area contributed by atoms with Crippen LogP contribution in [0.1, 0.15) is 20.8 Å². The Morgan fingerprint density at radius 2 is 1.88 bits per heavy atom. The molecule has 0 saturated heterocycles. The summed E-state index contributed by atoms with van der Waals surface area (Å²) in [7, 11) is 0. The van der Waals surface area contributed by atoms with Gasteiger partial charge in [0.15, 0.2) is 0 Å². The maximum atomic E-state index is 12.9. The van der Waals surface area contributed by atoms with Crippen molar-refractivity contribution in [2.24, 2.45) is 5.41 Å². The maximum Gasteiger partial charge on any atom is 0.326 e. The van der Waals surface area contributed by atoms with Gasteiger partial charge in [0, 0.05) is 23.5 Å². The summed E-state index contributed by atoms with van der Waals surface area (Å²) in [5, 5.41) is 12.1. The largest absolute Gasteiger partial charge is 0.487 e. The molecule has 2 N–H and O–H groups in total. The molecule has 8 heteroatoms. The zero-order chi connectivity index (χ0) is 24.3. The Kier molecular flexibility index (Phi) is 6.40. The Morgan fingerprint density at radius 1 is 1.15 bits per heavy atom. The van der Waals surface area contributed by atoms with Gasteiger partial charge in [0.05, 0.1) is 17.6 Å². The number of para-hydroxylation sites is 1. The molecule has 8 nitrogen and oxygen atoms in total. The summed E-state index contributed by atoms with van der Waals surface area (Å²) < 4.78 is 11.6. The van der Waals surface area contributed by atoms with E-state index < -0.39 is 11.4 Å². The van der Waals surface area contributed by atoms with Crippen molar-refractivity contribution < 1.29 is 24.2 Å². The molecule has 0 spiro atoms. The van der Waals surface area contributed by atoms with E-state index in [-0.39, 0.29) is 18.7 Å². The highest BCUT2D eigenvalue weighted by atomic mass is 16.5. The standard InChI is InChI=1S/C26H27N3O5/c1-17-15-29(25(32)28-20-7-5-4-6-8-20)21-11-9-18(13-22(21)34-17)19-10-12-23(27-14-19)33-16-26(2,3)24(30)31/h4-14,17H,15-16H2,1-3H3,(H,28,32)(H,30,31)/t17-/m1/s1. The number of hydrogen-bond donors (Lipinski definition) is 2. The number of carbonyl (C=O) groups is 2. The molecular formula is C26H27N3O5. The number of amides is 2. The number of benzene rings is 2. The summed E-state index contributed by atoms with van der Waals surface area (Å²) in [4.78, 5) is 30.2. The molecule has 0 unspecified atom stereocenters. The van der Waals surface area contributed by atoms with Gasteiger partial charge in [-0.3, -0.25) is 9.69 Å². The van der Waals surface area contributed by atoms with E-state index in [1.54, 1.807) is 31.0 Å². The molecule has 2 aromatic carbocycles. The highest BCUT2D eigenvalue weighted by Crippen LogP contribution is 2.37. The summed E-state index contributed by atoms with van der Waals surface area (Å²) >= 11 is 0. The number of anilines is 2. The first kappa shape index (κ1) is 23.1. The van der Waals surface area contributed by atoms with Gasteiger partial charge in [0.1, 0.15) is 18.5 Å². The first-order valence-corrected chi connectivity index (χ1v) is 11.0. The highest BCUT2D eigenvalue weighted by molar-refractivity contribution is 6.03. The summed E-state index contributed by atoms with van der Waals surface area (Å²) in [6.07, 6.45) is 1.49. The molecule has 1 aromatic heterocycles. The molecule has 0 saturated carbocycles. The van der Waals surface area contributed by atoms with Crippen LogP contribution in [-0.2, 0) is 4.79 Å². The Hall–Kier alpha value is -4.07. The fourth-order valence-electron chi connectivity index (χ4n) is 3.48. The second kappa shape index (κ2) is 9.43. The Labute approximate surface area is 198 Å². The molecule has 2 amide bonds.